The van der Waals surface area contributed by atoms with Gasteiger partial charge in [-0.25, -0.2) is 0 Å². The Hall–Kier alpha value is -1.02. The monoisotopic (exact) mass is 190 g/mol. The van der Waals surface area contributed by atoms with E-state index in [1.807, 2.05) is 0 Å². The smallest absolute Gasteiger partial charge is 0.0685 e. The largest absolute Gasteiger partial charge is 0.356 e. The molecule has 1 heterocycles. The Kier molecular flexibility index (Phi) is 2.73. The zero-order valence-corrected chi connectivity index (χ0v) is 8.96. The third kappa shape index (κ3) is 1.75. The SMILES string of the molecule is CC(C)N1CNCCc2ccccc21. The number of hydrogen-bond acceptors (Lipinski definition) is 2. The number of benzene rings is 1. The van der Waals surface area contributed by atoms with E-state index in [0.717, 1.165) is 19.6 Å². The van der Waals surface area contributed by atoms with Crippen LogP contribution in [0.2, 0.25) is 0 Å². The van der Waals surface area contributed by atoms with E-state index in [0.29, 0.717) is 6.04 Å². The lowest BCUT2D eigenvalue weighted by atomic mass is 10.1. The van der Waals surface area contributed by atoms with Crippen LogP contribution in [0.15, 0.2) is 24.3 Å². The molecule has 76 valence electrons. The molecule has 0 radical (unpaired) electrons. The molecule has 0 fully saturated rings. The molecule has 0 aromatic heterocycles. The van der Waals surface area contributed by atoms with Crippen molar-refractivity contribution in [2.45, 2.75) is 26.3 Å². The number of nitrogens with zero attached hydrogens (tertiary/aromatic N) is 1. The fraction of sp³-hybridized carbons (Fsp3) is 0.500. The Balaban J connectivity index is 2.37. The molecule has 1 N–H and O–H groups in total. The van der Waals surface area contributed by atoms with Crippen LogP contribution in [-0.4, -0.2) is 19.3 Å². The summed E-state index contributed by atoms with van der Waals surface area (Å²) in [5.41, 5.74) is 2.86. The highest BCUT2D eigenvalue weighted by atomic mass is 15.2. The van der Waals surface area contributed by atoms with Crippen molar-refractivity contribution in [1.29, 1.82) is 0 Å². The van der Waals surface area contributed by atoms with E-state index < -0.39 is 0 Å². The van der Waals surface area contributed by atoms with Crippen LogP contribution in [0.5, 0.6) is 0 Å². The first-order chi connectivity index (χ1) is 6.79. The van der Waals surface area contributed by atoms with Gasteiger partial charge in [0.1, 0.15) is 0 Å². The molecular formula is C12H18N2. The molecule has 2 rings (SSSR count). The van der Waals surface area contributed by atoms with Crippen molar-refractivity contribution in [2.75, 3.05) is 18.1 Å². The minimum absolute atomic E-state index is 0.557. The molecular weight excluding hydrogens is 172 g/mol. The summed E-state index contributed by atoms with van der Waals surface area (Å²) in [6, 6.07) is 9.27. The maximum Gasteiger partial charge on any atom is 0.0685 e. The number of rotatable bonds is 1. The predicted octanol–water partition coefficient (Wildman–Crippen LogP) is 2.00. The first kappa shape index (κ1) is 9.53. The standard InChI is InChI=1S/C12H18N2/c1-10(2)14-9-13-8-7-11-5-3-4-6-12(11)14/h3-6,10,13H,7-9H2,1-2H3. The maximum absolute atomic E-state index is 3.45. The molecule has 0 bridgehead atoms. The molecule has 0 spiro atoms. The van der Waals surface area contributed by atoms with Crippen molar-refractivity contribution >= 4 is 5.69 Å². The van der Waals surface area contributed by atoms with Crippen molar-refractivity contribution < 1.29 is 0 Å². The highest BCUT2D eigenvalue weighted by Crippen LogP contribution is 2.23. The second-order valence-electron chi connectivity index (χ2n) is 4.10. The third-order valence-corrected chi connectivity index (χ3v) is 2.78. The van der Waals surface area contributed by atoms with Gasteiger partial charge in [0.25, 0.3) is 0 Å². The number of hydrogen-bond donors (Lipinski definition) is 1. The molecule has 0 unspecified atom stereocenters. The molecule has 2 nitrogen and oxygen atoms in total. The molecule has 2 heteroatoms. The number of fused-ring (bicyclic) bond motifs is 1. The average molecular weight is 190 g/mol. The van der Waals surface area contributed by atoms with Crippen LogP contribution in [0.25, 0.3) is 0 Å². The number of anilines is 1. The Labute approximate surface area is 85.9 Å². The first-order valence-electron chi connectivity index (χ1n) is 5.34. The summed E-state index contributed by atoms with van der Waals surface area (Å²) >= 11 is 0. The summed E-state index contributed by atoms with van der Waals surface area (Å²) in [6.07, 6.45) is 1.14. The lowest BCUT2D eigenvalue weighted by Gasteiger charge is -2.28. The second-order valence-corrected chi connectivity index (χ2v) is 4.10. The van der Waals surface area contributed by atoms with E-state index in [-0.39, 0.29) is 0 Å². The fourth-order valence-corrected chi connectivity index (χ4v) is 1.97. The van der Waals surface area contributed by atoms with Gasteiger partial charge in [-0.2, -0.15) is 0 Å². The van der Waals surface area contributed by atoms with Gasteiger partial charge in [-0.1, -0.05) is 18.2 Å². The summed E-state index contributed by atoms with van der Waals surface area (Å²) in [7, 11) is 0. The lowest BCUT2D eigenvalue weighted by molar-refractivity contribution is 0.617. The quantitative estimate of drug-likeness (QED) is 0.728. The van der Waals surface area contributed by atoms with E-state index in [1.54, 1.807) is 0 Å². The highest BCUT2D eigenvalue weighted by Gasteiger charge is 2.15. The molecule has 14 heavy (non-hydrogen) atoms. The minimum Gasteiger partial charge on any atom is -0.356 e. The predicted molar refractivity (Wildman–Crippen MR) is 60.6 cm³/mol. The van der Waals surface area contributed by atoms with Crippen LogP contribution in [0, 0.1) is 0 Å². The molecule has 1 aliphatic heterocycles. The summed E-state index contributed by atoms with van der Waals surface area (Å²) in [5.74, 6) is 0. The van der Waals surface area contributed by atoms with E-state index in [4.69, 9.17) is 0 Å². The zero-order chi connectivity index (χ0) is 9.97. The minimum atomic E-state index is 0.557. The molecule has 1 aromatic carbocycles. The Morgan fingerprint density at radius 2 is 2.07 bits per heavy atom. The molecule has 0 amide bonds. The van der Waals surface area contributed by atoms with E-state index in [9.17, 15) is 0 Å². The Morgan fingerprint density at radius 1 is 1.29 bits per heavy atom. The Bertz CT molecular complexity index is 307. The van der Waals surface area contributed by atoms with Crippen LogP contribution < -0.4 is 10.2 Å². The van der Waals surface area contributed by atoms with Crippen molar-refractivity contribution in [3.63, 3.8) is 0 Å². The third-order valence-electron chi connectivity index (χ3n) is 2.78. The first-order valence-corrected chi connectivity index (χ1v) is 5.34. The van der Waals surface area contributed by atoms with Gasteiger partial charge in [0.15, 0.2) is 0 Å². The molecule has 0 atom stereocenters. The molecule has 1 aromatic rings. The van der Waals surface area contributed by atoms with Gasteiger partial charge in [-0.15, -0.1) is 0 Å². The lowest BCUT2D eigenvalue weighted by Crippen LogP contribution is -2.38. The van der Waals surface area contributed by atoms with Crippen molar-refractivity contribution in [2.24, 2.45) is 0 Å². The van der Waals surface area contributed by atoms with E-state index >= 15 is 0 Å². The van der Waals surface area contributed by atoms with Crippen LogP contribution in [-0.2, 0) is 6.42 Å². The van der Waals surface area contributed by atoms with Crippen molar-refractivity contribution in [1.82, 2.24) is 5.32 Å². The normalized spacial score (nSPS) is 16.6. The van der Waals surface area contributed by atoms with Gasteiger partial charge < -0.3 is 4.90 Å². The van der Waals surface area contributed by atoms with Crippen LogP contribution in [0.1, 0.15) is 19.4 Å². The van der Waals surface area contributed by atoms with Crippen molar-refractivity contribution in [3.05, 3.63) is 29.8 Å². The second kappa shape index (κ2) is 4.01. The molecule has 0 aliphatic carbocycles. The molecule has 0 saturated heterocycles. The molecule has 0 saturated carbocycles. The van der Waals surface area contributed by atoms with Crippen LogP contribution >= 0.6 is 0 Å². The summed E-state index contributed by atoms with van der Waals surface area (Å²) in [6.45, 7) is 6.53. The number of nitrogens with one attached hydrogen (secondary N) is 1. The van der Waals surface area contributed by atoms with Crippen LogP contribution in [0.4, 0.5) is 5.69 Å². The fourth-order valence-electron chi connectivity index (χ4n) is 1.97. The molecule has 1 aliphatic rings. The van der Waals surface area contributed by atoms with Gasteiger partial charge in [0.05, 0.1) is 6.67 Å². The topological polar surface area (TPSA) is 15.3 Å². The van der Waals surface area contributed by atoms with Gasteiger partial charge in [-0.05, 0) is 31.9 Å². The van der Waals surface area contributed by atoms with Crippen LogP contribution in [0.3, 0.4) is 0 Å². The zero-order valence-electron chi connectivity index (χ0n) is 8.96. The van der Waals surface area contributed by atoms with E-state index in [2.05, 4.69) is 48.3 Å². The van der Waals surface area contributed by atoms with E-state index in [1.165, 1.54) is 11.3 Å². The van der Waals surface area contributed by atoms with Gasteiger partial charge in [-0.3, -0.25) is 5.32 Å². The average Bonchev–Trinajstić information content (AvgIpc) is 2.39. The summed E-state index contributed by atoms with van der Waals surface area (Å²) < 4.78 is 0. The Morgan fingerprint density at radius 3 is 2.86 bits per heavy atom. The van der Waals surface area contributed by atoms with Crippen molar-refractivity contribution in [3.8, 4) is 0 Å². The van der Waals surface area contributed by atoms with Gasteiger partial charge >= 0.3 is 0 Å². The maximum atomic E-state index is 3.45. The number of para-hydroxylation sites is 1. The van der Waals surface area contributed by atoms with Gasteiger partial charge in [0.2, 0.25) is 0 Å². The van der Waals surface area contributed by atoms with Gasteiger partial charge in [0, 0.05) is 18.3 Å². The summed E-state index contributed by atoms with van der Waals surface area (Å²) in [5, 5.41) is 3.45. The summed E-state index contributed by atoms with van der Waals surface area (Å²) in [4.78, 5) is 2.42. The highest BCUT2D eigenvalue weighted by molar-refractivity contribution is 5.54.